The molecule has 1 heterocycles. The third-order valence-electron chi connectivity index (χ3n) is 2.75. The molecule has 0 atom stereocenters. The summed E-state index contributed by atoms with van der Waals surface area (Å²) in [5, 5.41) is 4.68. The largest absolute Gasteiger partial charge is 0.496 e. The maximum Gasteiger partial charge on any atom is 0.197 e. The van der Waals surface area contributed by atoms with Crippen LogP contribution in [-0.4, -0.2) is 17.6 Å². The Kier molecular flexibility index (Phi) is 5.14. The van der Waals surface area contributed by atoms with E-state index in [1.165, 1.54) is 11.5 Å². The van der Waals surface area contributed by atoms with Crippen LogP contribution in [0, 0.1) is 0 Å². The highest BCUT2D eigenvalue weighted by Crippen LogP contribution is 2.37. The van der Waals surface area contributed by atoms with Gasteiger partial charge in [0, 0.05) is 17.1 Å². The van der Waals surface area contributed by atoms with E-state index in [9.17, 15) is 0 Å². The quantitative estimate of drug-likeness (QED) is 0.844. The van der Waals surface area contributed by atoms with E-state index < -0.39 is 0 Å². The summed E-state index contributed by atoms with van der Waals surface area (Å²) in [6.07, 6.45) is 0.0269. The van der Waals surface area contributed by atoms with E-state index in [1.54, 1.807) is 7.11 Å². The van der Waals surface area contributed by atoms with Crippen LogP contribution in [-0.2, 0) is 6.54 Å². The summed E-state index contributed by atoms with van der Waals surface area (Å²) in [5.74, 6) is 1.71. The SMILES string of the molecule is COc1cccc(Cl)c1CNc1snc(N)c1OC(C)C. The zero-order valence-electron chi connectivity index (χ0n) is 12.1. The number of halogens is 1. The van der Waals surface area contributed by atoms with Crippen molar-refractivity contribution in [3.8, 4) is 11.5 Å². The van der Waals surface area contributed by atoms with Gasteiger partial charge < -0.3 is 20.5 Å². The van der Waals surface area contributed by atoms with Crippen LogP contribution in [0.2, 0.25) is 5.02 Å². The Labute approximate surface area is 133 Å². The normalized spacial score (nSPS) is 10.7. The lowest BCUT2D eigenvalue weighted by atomic mass is 10.2. The van der Waals surface area contributed by atoms with Crippen LogP contribution in [0.5, 0.6) is 11.5 Å². The molecule has 0 saturated heterocycles. The average Bonchev–Trinajstić information content (AvgIpc) is 2.78. The Morgan fingerprint density at radius 2 is 2.19 bits per heavy atom. The highest BCUT2D eigenvalue weighted by Gasteiger charge is 2.15. The predicted octanol–water partition coefficient (Wildman–Crippen LogP) is 3.79. The summed E-state index contributed by atoms with van der Waals surface area (Å²) in [5.41, 5.74) is 6.71. The van der Waals surface area contributed by atoms with Crippen LogP contribution >= 0.6 is 23.1 Å². The van der Waals surface area contributed by atoms with Gasteiger partial charge in [-0.15, -0.1) is 0 Å². The molecule has 0 aliphatic rings. The lowest BCUT2D eigenvalue weighted by molar-refractivity contribution is 0.245. The van der Waals surface area contributed by atoms with Gasteiger partial charge in [0.1, 0.15) is 5.75 Å². The van der Waals surface area contributed by atoms with Gasteiger partial charge in [0.15, 0.2) is 16.6 Å². The fraction of sp³-hybridized carbons (Fsp3) is 0.357. The number of aromatic nitrogens is 1. The molecule has 0 bridgehead atoms. The average molecular weight is 328 g/mol. The lowest BCUT2D eigenvalue weighted by Crippen LogP contribution is -2.09. The Morgan fingerprint density at radius 1 is 1.43 bits per heavy atom. The minimum atomic E-state index is 0.0269. The van der Waals surface area contributed by atoms with E-state index in [4.69, 9.17) is 26.8 Å². The van der Waals surface area contributed by atoms with Crippen LogP contribution in [0.3, 0.4) is 0 Å². The van der Waals surface area contributed by atoms with Gasteiger partial charge in [0.2, 0.25) is 0 Å². The zero-order chi connectivity index (χ0) is 15.4. The van der Waals surface area contributed by atoms with Crippen molar-refractivity contribution < 1.29 is 9.47 Å². The van der Waals surface area contributed by atoms with Crippen LogP contribution in [0.4, 0.5) is 10.8 Å². The number of nitrogens with zero attached hydrogens (tertiary/aromatic N) is 1. The zero-order valence-corrected chi connectivity index (χ0v) is 13.7. The van der Waals surface area contributed by atoms with Gasteiger partial charge >= 0.3 is 0 Å². The van der Waals surface area contributed by atoms with E-state index >= 15 is 0 Å². The van der Waals surface area contributed by atoms with Crippen molar-refractivity contribution in [2.24, 2.45) is 0 Å². The molecule has 114 valence electrons. The molecular formula is C14H18ClN3O2S. The number of nitrogens with one attached hydrogen (secondary N) is 1. The molecule has 5 nitrogen and oxygen atoms in total. The Balaban J connectivity index is 2.17. The van der Waals surface area contributed by atoms with Gasteiger partial charge in [-0.05, 0) is 37.5 Å². The molecule has 21 heavy (non-hydrogen) atoms. The molecule has 0 radical (unpaired) electrons. The van der Waals surface area contributed by atoms with Gasteiger partial charge in [-0.1, -0.05) is 17.7 Å². The number of hydrogen-bond acceptors (Lipinski definition) is 6. The second kappa shape index (κ2) is 6.87. The van der Waals surface area contributed by atoms with Crippen molar-refractivity contribution in [1.82, 2.24) is 4.37 Å². The van der Waals surface area contributed by atoms with Gasteiger partial charge in [-0.3, -0.25) is 0 Å². The first kappa shape index (κ1) is 15.7. The third kappa shape index (κ3) is 3.71. The van der Waals surface area contributed by atoms with E-state index in [0.29, 0.717) is 23.1 Å². The van der Waals surface area contributed by atoms with E-state index in [2.05, 4.69) is 9.69 Å². The molecule has 0 aliphatic carbocycles. The van der Waals surface area contributed by atoms with Gasteiger partial charge in [-0.25, -0.2) is 0 Å². The number of nitrogen functional groups attached to an aromatic ring is 1. The first-order chi connectivity index (χ1) is 10.0. The lowest BCUT2D eigenvalue weighted by Gasteiger charge is -2.13. The summed E-state index contributed by atoms with van der Waals surface area (Å²) in [7, 11) is 1.62. The molecule has 1 aromatic carbocycles. The summed E-state index contributed by atoms with van der Waals surface area (Å²) in [6, 6.07) is 5.55. The minimum absolute atomic E-state index is 0.0269. The number of benzene rings is 1. The highest BCUT2D eigenvalue weighted by atomic mass is 35.5. The second-order valence-electron chi connectivity index (χ2n) is 4.67. The summed E-state index contributed by atoms with van der Waals surface area (Å²) < 4.78 is 15.1. The molecule has 0 amide bonds. The van der Waals surface area contributed by atoms with Gasteiger partial charge in [-0.2, -0.15) is 4.37 Å². The van der Waals surface area contributed by atoms with Crippen molar-refractivity contribution in [3.63, 3.8) is 0 Å². The number of methoxy groups -OCH3 is 1. The second-order valence-corrected chi connectivity index (χ2v) is 5.85. The maximum atomic E-state index is 6.22. The fourth-order valence-corrected chi connectivity index (χ4v) is 2.70. The van der Waals surface area contributed by atoms with E-state index in [1.807, 2.05) is 32.0 Å². The van der Waals surface area contributed by atoms with Crippen molar-refractivity contribution in [2.75, 3.05) is 18.2 Å². The third-order valence-corrected chi connectivity index (χ3v) is 3.90. The number of hydrogen-bond donors (Lipinski definition) is 2. The molecule has 0 fully saturated rings. The molecule has 2 rings (SSSR count). The molecule has 2 aromatic rings. The number of anilines is 2. The van der Waals surface area contributed by atoms with Crippen molar-refractivity contribution >= 4 is 34.0 Å². The molecular weight excluding hydrogens is 310 g/mol. The van der Waals surface area contributed by atoms with Crippen LogP contribution < -0.4 is 20.5 Å². The Hall–Kier alpha value is -1.66. The van der Waals surface area contributed by atoms with Crippen LogP contribution in [0.25, 0.3) is 0 Å². The molecule has 7 heteroatoms. The smallest absolute Gasteiger partial charge is 0.197 e. The highest BCUT2D eigenvalue weighted by molar-refractivity contribution is 7.11. The minimum Gasteiger partial charge on any atom is -0.496 e. The first-order valence-electron chi connectivity index (χ1n) is 6.50. The Bertz CT molecular complexity index is 616. The monoisotopic (exact) mass is 327 g/mol. The predicted molar refractivity (Wildman–Crippen MR) is 87.6 cm³/mol. The van der Waals surface area contributed by atoms with Crippen LogP contribution in [0.15, 0.2) is 18.2 Å². The summed E-state index contributed by atoms with van der Waals surface area (Å²) in [4.78, 5) is 0. The Morgan fingerprint density at radius 3 is 2.86 bits per heavy atom. The molecule has 0 saturated carbocycles. The van der Waals surface area contributed by atoms with Crippen molar-refractivity contribution in [1.29, 1.82) is 0 Å². The molecule has 3 N–H and O–H groups in total. The molecule has 0 unspecified atom stereocenters. The topological polar surface area (TPSA) is 69.4 Å². The van der Waals surface area contributed by atoms with Crippen molar-refractivity contribution in [3.05, 3.63) is 28.8 Å². The number of ether oxygens (including phenoxy) is 2. The molecule has 0 spiro atoms. The summed E-state index contributed by atoms with van der Waals surface area (Å²) >= 11 is 7.48. The summed E-state index contributed by atoms with van der Waals surface area (Å²) in [6.45, 7) is 4.38. The molecule has 1 aromatic heterocycles. The number of nitrogens with two attached hydrogens (primary N) is 1. The van der Waals surface area contributed by atoms with E-state index in [-0.39, 0.29) is 6.10 Å². The van der Waals surface area contributed by atoms with E-state index in [0.717, 1.165) is 16.3 Å². The number of rotatable bonds is 6. The fourth-order valence-electron chi connectivity index (χ4n) is 1.83. The maximum absolute atomic E-state index is 6.22. The standard InChI is InChI=1S/C14H18ClN3O2S/c1-8(2)20-12-13(16)18-21-14(12)17-7-9-10(15)5-4-6-11(9)19-3/h4-6,8,17H,7H2,1-3H3,(H2,16,18). The van der Waals surface area contributed by atoms with Crippen LogP contribution in [0.1, 0.15) is 19.4 Å². The van der Waals surface area contributed by atoms with Gasteiger partial charge in [0.05, 0.1) is 13.2 Å². The van der Waals surface area contributed by atoms with Crippen molar-refractivity contribution in [2.45, 2.75) is 26.5 Å². The van der Waals surface area contributed by atoms with Gasteiger partial charge in [0.25, 0.3) is 0 Å². The first-order valence-corrected chi connectivity index (χ1v) is 7.65. The molecule has 0 aliphatic heterocycles.